The molecule has 0 bridgehead atoms. The molecule has 40 heavy (non-hydrogen) atoms. The molecule has 5 rings (SSSR count). The van der Waals surface area contributed by atoms with Gasteiger partial charge in [-0.3, -0.25) is 9.36 Å². The Hall–Kier alpha value is -2.99. The van der Waals surface area contributed by atoms with Gasteiger partial charge < -0.3 is 19.3 Å². The highest BCUT2D eigenvalue weighted by molar-refractivity contribution is 7.99. The molecule has 1 saturated heterocycles. The lowest BCUT2D eigenvalue weighted by atomic mass is 9.97. The normalized spacial score (nSPS) is 17.3. The summed E-state index contributed by atoms with van der Waals surface area (Å²) >= 11 is 7.54. The summed E-state index contributed by atoms with van der Waals surface area (Å²) in [6.07, 6.45) is 0.963. The molecule has 2 aliphatic heterocycles. The van der Waals surface area contributed by atoms with Gasteiger partial charge >= 0.3 is 5.69 Å². The van der Waals surface area contributed by atoms with Crippen molar-refractivity contribution < 1.29 is 23.0 Å². The van der Waals surface area contributed by atoms with E-state index in [1.54, 1.807) is 16.6 Å². The van der Waals surface area contributed by atoms with Gasteiger partial charge in [0.05, 0.1) is 36.4 Å². The molecular weight excluding hydrogens is 562 g/mol. The highest BCUT2D eigenvalue weighted by Gasteiger charge is 2.30. The first-order chi connectivity index (χ1) is 19.2. The van der Waals surface area contributed by atoms with Gasteiger partial charge in [0.2, 0.25) is 5.91 Å². The van der Waals surface area contributed by atoms with Crippen molar-refractivity contribution in [1.82, 2.24) is 14.5 Å². The fourth-order valence-electron chi connectivity index (χ4n) is 5.22. The van der Waals surface area contributed by atoms with E-state index in [4.69, 9.17) is 21.1 Å². The molecule has 0 N–H and O–H groups in total. The fraction of sp³-hybridized carbons (Fsp3) is 0.393. The lowest BCUT2D eigenvalue weighted by molar-refractivity contribution is -0.126. The third kappa shape index (κ3) is 5.35. The summed E-state index contributed by atoms with van der Waals surface area (Å²) in [4.78, 5) is 34.5. The minimum absolute atomic E-state index is 0.141. The lowest BCUT2D eigenvalue weighted by Crippen LogP contribution is -2.49. The maximum atomic E-state index is 15.2. The molecule has 2 aliphatic rings. The Morgan fingerprint density at radius 3 is 2.65 bits per heavy atom. The van der Waals surface area contributed by atoms with Crippen molar-refractivity contribution in [2.75, 3.05) is 57.2 Å². The van der Waals surface area contributed by atoms with E-state index in [1.165, 1.54) is 23.9 Å². The van der Waals surface area contributed by atoms with E-state index >= 15 is 4.39 Å². The fourth-order valence-corrected chi connectivity index (χ4v) is 6.71. The summed E-state index contributed by atoms with van der Waals surface area (Å²) in [5.74, 6) is -0.731. The second-order valence-electron chi connectivity index (χ2n) is 9.68. The van der Waals surface area contributed by atoms with Crippen LogP contribution in [0, 0.1) is 18.6 Å². The number of rotatable bonds is 7. The van der Waals surface area contributed by atoms with Crippen LogP contribution < -0.4 is 10.6 Å². The zero-order chi connectivity index (χ0) is 28.6. The average Bonchev–Trinajstić information content (AvgIpc) is 3.13. The van der Waals surface area contributed by atoms with Gasteiger partial charge in [-0.25, -0.2) is 13.6 Å². The number of hydrogen-bond acceptors (Lipinski definition) is 7. The summed E-state index contributed by atoms with van der Waals surface area (Å²) in [7, 11) is 1.59. The number of piperazine rings is 1. The highest BCUT2D eigenvalue weighted by atomic mass is 35.5. The van der Waals surface area contributed by atoms with Crippen molar-refractivity contribution in [1.29, 1.82) is 0 Å². The second-order valence-corrected chi connectivity index (χ2v) is 11.1. The highest BCUT2D eigenvalue weighted by Crippen LogP contribution is 2.45. The molecule has 0 saturated carbocycles. The number of anilines is 1. The van der Waals surface area contributed by atoms with Crippen LogP contribution >= 0.6 is 23.4 Å². The Morgan fingerprint density at radius 2 is 1.95 bits per heavy atom. The number of nitrogens with zero attached hydrogens (tertiary/aromatic N) is 4. The number of aryl methyl sites for hydroxylation is 1. The molecule has 1 fully saturated rings. The summed E-state index contributed by atoms with van der Waals surface area (Å²) in [5.41, 5.74) is 1.58. The third-order valence-corrected chi connectivity index (χ3v) is 8.70. The summed E-state index contributed by atoms with van der Waals surface area (Å²) in [6, 6.07) is 3.95. The standard InChI is InChI=1S/C28H29ClF2N4O4S/c1-4-23(36)33-5-7-34(8-6-33)27-19-11-16(2)24(18-12-20(29)22(31)13-21(18)30)26-25(19)35(28(37)32-27)14-17(15-40-26)39-10-9-38-3/h4,11-13,17H,1,5-10,14-15H2,2-3H3/t17-/m0/s1. The van der Waals surface area contributed by atoms with Crippen LogP contribution in [-0.2, 0) is 20.8 Å². The molecule has 2 aromatic carbocycles. The number of carbonyl (C=O) groups is 1. The van der Waals surface area contributed by atoms with Crippen molar-refractivity contribution in [3.63, 3.8) is 0 Å². The zero-order valence-corrected chi connectivity index (χ0v) is 23.8. The number of benzene rings is 2. The van der Waals surface area contributed by atoms with E-state index in [0.29, 0.717) is 66.9 Å². The van der Waals surface area contributed by atoms with Crippen LogP contribution in [0.15, 0.2) is 40.5 Å². The number of hydrogen-bond donors (Lipinski definition) is 0. The predicted molar refractivity (Wildman–Crippen MR) is 152 cm³/mol. The van der Waals surface area contributed by atoms with Crippen molar-refractivity contribution in [3.05, 3.63) is 63.6 Å². The Balaban J connectivity index is 1.69. The molecule has 1 amide bonds. The van der Waals surface area contributed by atoms with Gasteiger partial charge in [-0.05, 0) is 30.7 Å². The molecule has 3 aromatic rings. The van der Waals surface area contributed by atoms with Crippen LogP contribution in [0.1, 0.15) is 5.56 Å². The number of aromatic nitrogens is 2. The second kappa shape index (κ2) is 11.9. The van der Waals surface area contributed by atoms with Gasteiger partial charge in [-0.2, -0.15) is 4.98 Å². The molecule has 8 nitrogen and oxygen atoms in total. The molecule has 3 heterocycles. The lowest BCUT2D eigenvalue weighted by Gasteiger charge is -2.35. The monoisotopic (exact) mass is 590 g/mol. The summed E-state index contributed by atoms with van der Waals surface area (Å²) < 4.78 is 42.0. The van der Waals surface area contributed by atoms with E-state index in [2.05, 4.69) is 11.6 Å². The largest absolute Gasteiger partial charge is 0.382 e. The molecule has 12 heteroatoms. The Labute approximate surface area is 239 Å². The van der Waals surface area contributed by atoms with Crippen LogP contribution in [0.25, 0.3) is 22.0 Å². The van der Waals surface area contributed by atoms with Gasteiger partial charge in [0, 0.05) is 66.5 Å². The third-order valence-electron chi connectivity index (χ3n) is 7.18. The molecule has 0 radical (unpaired) electrons. The summed E-state index contributed by atoms with van der Waals surface area (Å²) in [6.45, 7) is 8.31. The van der Waals surface area contributed by atoms with Crippen LogP contribution in [-0.4, -0.2) is 78.7 Å². The first kappa shape index (κ1) is 28.5. The summed E-state index contributed by atoms with van der Waals surface area (Å²) in [5, 5.41) is 0.542. The molecule has 0 aliphatic carbocycles. The van der Waals surface area contributed by atoms with Crippen molar-refractivity contribution >= 4 is 46.0 Å². The van der Waals surface area contributed by atoms with E-state index in [0.717, 1.165) is 17.0 Å². The van der Waals surface area contributed by atoms with E-state index in [9.17, 15) is 14.0 Å². The van der Waals surface area contributed by atoms with E-state index in [1.807, 2.05) is 17.9 Å². The number of thioether (sulfide) groups is 1. The zero-order valence-electron chi connectivity index (χ0n) is 22.2. The topological polar surface area (TPSA) is 76.9 Å². The number of amides is 1. The Morgan fingerprint density at radius 1 is 1.20 bits per heavy atom. The van der Waals surface area contributed by atoms with Crippen LogP contribution in [0.2, 0.25) is 5.02 Å². The van der Waals surface area contributed by atoms with Crippen molar-refractivity contribution in [2.45, 2.75) is 24.5 Å². The number of ether oxygens (including phenoxy) is 2. The van der Waals surface area contributed by atoms with Crippen molar-refractivity contribution in [2.24, 2.45) is 0 Å². The predicted octanol–water partition coefficient (Wildman–Crippen LogP) is 4.28. The SMILES string of the molecule is C=CC(=O)N1CCN(c2nc(=O)n3c4c(c(-c5cc(Cl)c(F)cc5F)c(C)cc24)SC[C@@H](OCCOC)C3)CC1. The van der Waals surface area contributed by atoms with Crippen LogP contribution in [0.5, 0.6) is 0 Å². The molecule has 1 aromatic heterocycles. The molecule has 0 unspecified atom stereocenters. The maximum Gasteiger partial charge on any atom is 0.350 e. The number of carbonyl (C=O) groups excluding carboxylic acids is 1. The molecule has 0 spiro atoms. The van der Waals surface area contributed by atoms with E-state index in [-0.39, 0.29) is 29.1 Å². The quantitative estimate of drug-likeness (QED) is 0.231. The Kier molecular flexibility index (Phi) is 8.46. The van der Waals surface area contributed by atoms with Crippen LogP contribution in [0.4, 0.5) is 14.6 Å². The van der Waals surface area contributed by atoms with Gasteiger partial charge in [0.25, 0.3) is 0 Å². The average molecular weight is 591 g/mol. The smallest absolute Gasteiger partial charge is 0.350 e. The molecule has 1 atom stereocenters. The Bertz CT molecular complexity index is 1540. The minimum atomic E-state index is -0.844. The minimum Gasteiger partial charge on any atom is -0.382 e. The van der Waals surface area contributed by atoms with Gasteiger partial charge in [0.1, 0.15) is 17.5 Å². The molecular formula is C28H29ClF2N4O4S. The first-order valence-corrected chi connectivity index (χ1v) is 14.2. The van der Waals surface area contributed by atoms with Crippen LogP contribution in [0.3, 0.4) is 0 Å². The van der Waals surface area contributed by atoms with Gasteiger partial charge in [0.15, 0.2) is 0 Å². The van der Waals surface area contributed by atoms with Crippen molar-refractivity contribution in [3.8, 4) is 11.1 Å². The first-order valence-electron chi connectivity index (χ1n) is 12.9. The van der Waals surface area contributed by atoms with Gasteiger partial charge in [-0.1, -0.05) is 18.2 Å². The number of methoxy groups -OCH3 is 1. The number of halogens is 3. The maximum absolute atomic E-state index is 15.2. The van der Waals surface area contributed by atoms with E-state index < -0.39 is 17.3 Å². The molecule has 212 valence electrons. The van der Waals surface area contributed by atoms with Gasteiger partial charge in [-0.15, -0.1) is 11.8 Å².